The Hall–Kier alpha value is -2.66. The number of benzene rings is 5. The molecule has 4 heteroatoms. The SMILES string of the molecule is COc1c(-c2ccc(Br)cc2)c(-c2ccccc2)c(Br)c(-c2ccccc2)c1-c1ccc(Br)cc1. The van der Waals surface area contributed by atoms with Crippen LogP contribution in [0.2, 0.25) is 0 Å². The van der Waals surface area contributed by atoms with Crippen LogP contribution >= 0.6 is 47.8 Å². The largest absolute Gasteiger partial charge is 0.495 e. The number of rotatable bonds is 5. The molecule has 5 aromatic carbocycles. The van der Waals surface area contributed by atoms with Gasteiger partial charge in [0.1, 0.15) is 5.75 Å². The third-order valence-corrected chi connectivity index (χ3v) is 7.84. The Bertz CT molecular complexity index is 1350. The molecule has 0 unspecified atom stereocenters. The highest BCUT2D eigenvalue weighted by atomic mass is 79.9. The molecule has 5 aromatic rings. The van der Waals surface area contributed by atoms with Crippen LogP contribution in [-0.2, 0) is 0 Å². The molecule has 1 nitrogen and oxygen atoms in total. The number of hydrogen-bond acceptors (Lipinski definition) is 1. The maximum absolute atomic E-state index is 6.28. The Balaban J connectivity index is 1.98. The van der Waals surface area contributed by atoms with E-state index in [0.29, 0.717) is 0 Å². The van der Waals surface area contributed by atoms with Crippen molar-refractivity contribution in [1.82, 2.24) is 0 Å². The summed E-state index contributed by atoms with van der Waals surface area (Å²) in [5.74, 6) is 0.843. The van der Waals surface area contributed by atoms with E-state index in [9.17, 15) is 0 Å². The quantitative estimate of drug-likeness (QED) is 0.184. The van der Waals surface area contributed by atoms with Gasteiger partial charge in [-0.3, -0.25) is 0 Å². The first-order chi connectivity index (χ1) is 17.1. The summed E-state index contributed by atoms with van der Waals surface area (Å²) >= 11 is 11.2. The molecule has 0 spiro atoms. The van der Waals surface area contributed by atoms with Gasteiger partial charge in [-0.2, -0.15) is 0 Å². The second-order valence-electron chi connectivity index (χ2n) is 8.09. The fraction of sp³-hybridized carbons (Fsp3) is 0.0323. The minimum Gasteiger partial charge on any atom is -0.495 e. The van der Waals surface area contributed by atoms with Crippen LogP contribution in [0.15, 0.2) is 123 Å². The smallest absolute Gasteiger partial charge is 0.135 e. The molecule has 5 rings (SSSR count). The van der Waals surface area contributed by atoms with E-state index in [-0.39, 0.29) is 0 Å². The molecule has 0 aliphatic rings. The summed E-state index contributed by atoms with van der Waals surface area (Å²) < 4.78 is 9.39. The second-order valence-corrected chi connectivity index (χ2v) is 10.7. The highest BCUT2D eigenvalue weighted by molar-refractivity contribution is 9.11. The number of halogens is 3. The van der Waals surface area contributed by atoms with Crippen LogP contribution in [0.4, 0.5) is 0 Å². The molecular weight excluding hydrogens is 628 g/mol. The van der Waals surface area contributed by atoms with E-state index in [0.717, 1.165) is 63.7 Å². The molecule has 0 amide bonds. The van der Waals surface area contributed by atoms with E-state index in [1.807, 2.05) is 12.1 Å². The van der Waals surface area contributed by atoms with E-state index in [2.05, 4.69) is 145 Å². The van der Waals surface area contributed by atoms with Crippen LogP contribution in [0.5, 0.6) is 5.75 Å². The molecule has 172 valence electrons. The van der Waals surface area contributed by atoms with Gasteiger partial charge >= 0.3 is 0 Å². The molecule has 0 bridgehead atoms. The summed E-state index contributed by atoms with van der Waals surface area (Å²) in [4.78, 5) is 0. The van der Waals surface area contributed by atoms with Crippen molar-refractivity contribution < 1.29 is 4.74 Å². The minimum atomic E-state index is 0.843. The van der Waals surface area contributed by atoms with E-state index < -0.39 is 0 Å². The fourth-order valence-corrected chi connectivity index (χ4v) is 5.82. The lowest BCUT2D eigenvalue weighted by atomic mass is 9.84. The molecule has 0 saturated carbocycles. The van der Waals surface area contributed by atoms with Crippen molar-refractivity contribution in [3.63, 3.8) is 0 Å². The summed E-state index contributed by atoms with van der Waals surface area (Å²) in [6, 6.07) is 37.8. The van der Waals surface area contributed by atoms with Gasteiger partial charge in [-0.25, -0.2) is 0 Å². The number of ether oxygens (including phenoxy) is 1. The van der Waals surface area contributed by atoms with Gasteiger partial charge in [0, 0.05) is 35.7 Å². The molecule has 0 aromatic heterocycles. The van der Waals surface area contributed by atoms with Crippen LogP contribution in [0.25, 0.3) is 44.5 Å². The molecule has 0 aliphatic heterocycles. The normalized spacial score (nSPS) is 10.9. The predicted molar refractivity (Wildman–Crippen MR) is 158 cm³/mol. The fourth-order valence-electron chi connectivity index (χ4n) is 4.44. The lowest BCUT2D eigenvalue weighted by Crippen LogP contribution is -2.00. The van der Waals surface area contributed by atoms with E-state index >= 15 is 0 Å². The monoisotopic (exact) mass is 646 g/mol. The molecule has 0 heterocycles. The van der Waals surface area contributed by atoms with Crippen molar-refractivity contribution in [2.75, 3.05) is 7.11 Å². The highest BCUT2D eigenvalue weighted by Crippen LogP contribution is 2.54. The highest BCUT2D eigenvalue weighted by Gasteiger charge is 2.27. The lowest BCUT2D eigenvalue weighted by Gasteiger charge is -2.25. The van der Waals surface area contributed by atoms with Gasteiger partial charge in [0.05, 0.1) is 7.11 Å². The van der Waals surface area contributed by atoms with Gasteiger partial charge in [0.2, 0.25) is 0 Å². The van der Waals surface area contributed by atoms with Crippen molar-refractivity contribution in [3.8, 4) is 50.3 Å². The molecule has 0 aliphatic carbocycles. The summed E-state index contributed by atoms with van der Waals surface area (Å²) in [6.07, 6.45) is 0. The molecule has 0 radical (unpaired) electrons. The van der Waals surface area contributed by atoms with Crippen molar-refractivity contribution in [1.29, 1.82) is 0 Å². The van der Waals surface area contributed by atoms with Crippen molar-refractivity contribution in [2.45, 2.75) is 0 Å². The molecule has 0 N–H and O–H groups in total. The van der Waals surface area contributed by atoms with E-state index in [1.54, 1.807) is 7.11 Å². The Morgan fingerprint density at radius 2 is 0.771 bits per heavy atom. The summed E-state index contributed by atoms with van der Waals surface area (Å²) in [5.41, 5.74) is 8.72. The zero-order valence-corrected chi connectivity index (χ0v) is 23.7. The zero-order valence-electron chi connectivity index (χ0n) is 18.9. The van der Waals surface area contributed by atoms with Gasteiger partial charge in [-0.15, -0.1) is 0 Å². The summed E-state index contributed by atoms with van der Waals surface area (Å²) in [5, 5.41) is 0. The first-order valence-electron chi connectivity index (χ1n) is 11.1. The lowest BCUT2D eigenvalue weighted by molar-refractivity contribution is 0.418. The maximum atomic E-state index is 6.28. The van der Waals surface area contributed by atoms with Crippen LogP contribution in [0.1, 0.15) is 0 Å². The Morgan fingerprint density at radius 1 is 0.429 bits per heavy atom. The van der Waals surface area contributed by atoms with Gasteiger partial charge in [-0.05, 0) is 62.4 Å². The van der Waals surface area contributed by atoms with Crippen LogP contribution < -0.4 is 4.74 Å². The van der Waals surface area contributed by atoms with Crippen LogP contribution in [0, 0.1) is 0 Å². The second kappa shape index (κ2) is 10.5. The van der Waals surface area contributed by atoms with E-state index in [1.165, 1.54) is 0 Å². The van der Waals surface area contributed by atoms with Crippen molar-refractivity contribution >= 4 is 47.8 Å². The topological polar surface area (TPSA) is 9.23 Å². The first kappa shape index (κ1) is 24.1. The number of methoxy groups -OCH3 is 1. The van der Waals surface area contributed by atoms with Crippen molar-refractivity contribution in [2.24, 2.45) is 0 Å². The maximum Gasteiger partial charge on any atom is 0.135 e. The third kappa shape index (κ3) is 4.75. The molecule has 0 fully saturated rings. The molecule has 0 saturated heterocycles. The number of hydrogen-bond donors (Lipinski definition) is 0. The first-order valence-corrected chi connectivity index (χ1v) is 13.5. The van der Waals surface area contributed by atoms with Crippen LogP contribution in [-0.4, -0.2) is 7.11 Å². The molecule has 35 heavy (non-hydrogen) atoms. The van der Waals surface area contributed by atoms with Gasteiger partial charge in [0.15, 0.2) is 0 Å². The van der Waals surface area contributed by atoms with Gasteiger partial charge in [-0.1, -0.05) is 117 Å². The van der Waals surface area contributed by atoms with E-state index in [4.69, 9.17) is 4.74 Å². The Kier molecular flexibility index (Phi) is 7.24. The standard InChI is InChI=1S/C31H21Br3O/c1-35-31-28(22-12-16-24(32)17-13-22)26(20-8-4-2-5-9-20)30(34)27(21-10-6-3-7-11-21)29(31)23-14-18-25(33)19-15-23/h2-19H,1H3. The zero-order chi connectivity index (χ0) is 24.4. The average Bonchev–Trinajstić information content (AvgIpc) is 2.90. The summed E-state index contributed by atoms with van der Waals surface area (Å²) in [7, 11) is 1.76. The minimum absolute atomic E-state index is 0.843. The average molecular weight is 649 g/mol. The van der Waals surface area contributed by atoms with Gasteiger partial charge < -0.3 is 4.74 Å². The summed E-state index contributed by atoms with van der Waals surface area (Å²) in [6.45, 7) is 0. The molecule has 0 atom stereocenters. The Morgan fingerprint density at radius 3 is 1.11 bits per heavy atom. The van der Waals surface area contributed by atoms with Gasteiger partial charge in [0.25, 0.3) is 0 Å². The third-order valence-electron chi connectivity index (χ3n) is 5.99. The predicted octanol–water partition coefficient (Wildman–Crippen LogP) is 10.7. The van der Waals surface area contributed by atoms with Crippen molar-refractivity contribution in [3.05, 3.63) is 123 Å². The van der Waals surface area contributed by atoms with Crippen LogP contribution in [0.3, 0.4) is 0 Å². The Labute approximate surface area is 231 Å². The molecular formula is C31H21Br3O.